The molecule has 0 aliphatic rings. The highest BCUT2D eigenvalue weighted by Gasteiger charge is 2.14. The number of methoxy groups -OCH3 is 1. The van der Waals surface area contributed by atoms with Gasteiger partial charge in [0.2, 0.25) is 0 Å². The first-order valence-electron chi connectivity index (χ1n) is 6.74. The SMILES string of the molecule is COc1ccc(OCCOS(=O)(=O)c2ccc(C)cc2)cc1. The highest BCUT2D eigenvalue weighted by atomic mass is 32.2. The molecular weight excluding hydrogens is 304 g/mol. The van der Waals surface area contributed by atoms with Gasteiger partial charge in [-0.2, -0.15) is 8.42 Å². The van der Waals surface area contributed by atoms with Crippen LogP contribution in [0.25, 0.3) is 0 Å². The van der Waals surface area contributed by atoms with E-state index in [0.717, 1.165) is 11.3 Å². The van der Waals surface area contributed by atoms with Crippen molar-refractivity contribution in [2.24, 2.45) is 0 Å². The molecule has 0 radical (unpaired) electrons. The van der Waals surface area contributed by atoms with Crippen LogP contribution < -0.4 is 9.47 Å². The van der Waals surface area contributed by atoms with Gasteiger partial charge in [0, 0.05) is 0 Å². The van der Waals surface area contributed by atoms with E-state index in [4.69, 9.17) is 13.7 Å². The zero-order chi connectivity index (χ0) is 16.0. The van der Waals surface area contributed by atoms with Crippen molar-refractivity contribution in [1.82, 2.24) is 0 Å². The first-order chi connectivity index (χ1) is 10.5. The summed E-state index contributed by atoms with van der Waals surface area (Å²) in [6.45, 7) is 1.97. The molecule has 2 aromatic carbocycles. The van der Waals surface area contributed by atoms with Crippen molar-refractivity contribution >= 4 is 10.1 Å². The molecular formula is C16H18O5S. The van der Waals surface area contributed by atoms with Gasteiger partial charge in [-0.15, -0.1) is 0 Å². The lowest BCUT2D eigenvalue weighted by atomic mass is 10.2. The Balaban J connectivity index is 1.83. The number of hydrogen-bond acceptors (Lipinski definition) is 5. The Morgan fingerprint density at radius 1 is 0.864 bits per heavy atom. The molecule has 0 heterocycles. The van der Waals surface area contributed by atoms with Crippen LogP contribution in [-0.2, 0) is 14.3 Å². The van der Waals surface area contributed by atoms with Crippen molar-refractivity contribution in [2.45, 2.75) is 11.8 Å². The van der Waals surface area contributed by atoms with E-state index in [1.54, 1.807) is 43.5 Å². The molecule has 0 aromatic heterocycles. The molecule has 0 spiro atoms. The van der Waals surface area contributed by atoms with Crippen molar-refractivity contribution < 1.29 is 22.1 Å². The minimum absolute atomic E-state index is 0.0533. The van der Waals surface area contributed by atoms with E-state index in [-0.39, 0.29) is 18.1 Å². The highest BCUT2D eigenvalue weighted by Crippen LogP contribution is 2.17. The summed E-state index contributed by atoms with van der Waals surface area (Å²) in [6.07, 6.45) is 0. The number of benzene rings is 2. The molecule has 2 rings (SSSR count). The molecule has 0 N–H and O–H groups in total. The van der Waals surface area contributed by atoms with E-state index >= 15 is 0 Å². The van der Waals surface area contributed by atoms with Gasteiger partial charge in [0.25, 0.3) is 10.1 Å². The predicted molar refractivity (Wildman–Crippen MR) is 82.8 cm³/mol. The second-order valence-electron chi connectivity index (χ2n) is 4.61. The minimum atomic E-state index is -3.74. The maximum atomic E-state index is 11.9. The van der Waals surface area contributed by atoms with Gasteiger partial charge in [0.15, 0.2) is 0 Å². The number of hydrogen-bond donors (Lipinski definition) is 0. The fourth-order valence-corrected chi connectivity index (χ4v) is 2.64. The molecule has 0 fully saturated rings. The molecule has 6 heteroatoms. The Bertz CT molecular complexity index is 690. The van der Waals surface area contributed by atoms with Crippen molar-refractivity contribution in [3.8, 4) is 11.5 Å². The Hall–Kier alpha value is -2.05. The van der Waals surface area contributed by atoms with Gasteiger partial charge in [-0.05, 0) is 43.3 Å². The highest BCUT2D eigenvalue weighted by molar-refractivity contribution is 7.86. The molecule has 0 atom stereocenters. The fourth-order valence-electron chi connectivity index (χ4n) is 1.75. The first kappa shape index (κ1) is 16.3. The quantitative estimate of drug-likeness (QED) is 0.579. The van der Waals surface area contributed by atoms with Crippen LogP contribution in [-0.4, -0.2) is 28.7 Å². The van der Waals surface area contributed by atoms with E-state index in [2.05, 4.69) is 0 Å². The Morgan fingerprint density at radius 2 is 1.45 bits per heavy atom. The number of aryl methyl sites for hydroxylation is 1. The summed E-state index contributed by atoms with van der Waals surface area (Å²) in [6, 6.07) is 13.5. The molecule has 5 nitrogen and oxygen atoms in total. The molecule has 0 saturated carbocycles. The van der Waals surface area contributed by atoms with Crippen LogP contribution >= 0.6 is 0 Å². The summed E-state index contributed by atoms with van der Waals surface area (Å²) in [5.74, 6) is 1.35. The standard InChI is InChI=1S/C16H18O5S/c1-13-3-9-16(10-4-13)22(17,18)21-12-11-20-15-7-5-14(19-2)6-8-15/h3-10H,11-12H2,1-2H3. The maximum Gasteiger partial charge on any atom is 0.297 e. The summed E-state index contributed by atoms with van der Waals surface area (Å²) >= 11 is 0. The van der Waals surface area contributed by atoms with Gasteiger partial charge in [-0.25, -0.2) is 0 Å². The third-order valence-corrected chi connectivity index (χ3v) is 4.29. The number of ether oxygens (including phenoxy) is 2. The topological polar surface area (TPSA) is 61.8 Å². The van der Waals surface area contributed by atoms with Crippen LogP contribution in [0, 0.1) is 6.92 Å². The van der Waals surface area contributed by atoms with Gasteiger partial charge in [0.05, 0.1) is 12.0 Å². The van der Waals surface area contributed by atoms with Gasteiger partial charge < -0.3 is 9.47 Å². The van der Waals surface area contributed by atoms with E-state index in [0.29, 0.717) is 5.75 Å². The molecule has 118 valence electrons. The van der Waals surface area contributed by atoms with Crippen molar-refractivity contribution in [2.75, 3.05) is 20.3 Å². The molecule has 0 aliphatic carbocycles. The average Bonchev–Trinajstić information content (AvgIpc) is 2.52. The second-order valence-corrected chi connectivity index (χ2v) is 6.23. The van der Waals surface area contributed by atoms with Crippen molar-refractivity contribution in [1.29, 1.82) is 0 Å². The van der Waals surface area contributed by atoms with Crippen LogP contribution in [0.15, 0.2) is 53.4 Å². The molecule has 0 bridgehead atoms. The minimum Gasteiger partial charge on any atom is -0.497 e. The fraction of sp³-hybridized carbons (Fsp3) is 0.250. The third-order valence-electron chi connectivity index (χ3n) is 2.96. The maximum absolute atomic E-state index is 11.9. The van der Waals surface area contributed by atoms with Crippen LogP contribution in [0.2, 0.25) is 0 Å². The average molecular weight is 322 g/mol. The summed E-state index contributed by atoms with van der Waals surface area (Å²) in [7, 11) is -2.16. The van der Waals surface area contributed by atoms with Crippen LogP contribution in [0.4, 0.5) is 0 Å². The van der Waals surface area contributed by atoms with Crippen LogP contribution in [0.5, 0.6) is 11.5 Å². The second kappa shape index (κ2) is 7.29. The molecule has 0 amide bonds. The van der Waals surface area contributed by atoms with Crippen molar-refractivity contribution in [3.05, 3.63) is 54.1 Å². The van der Waals surface area contributed by atoms with Crippen LogP contribution in [0.1, 0.15) is 5.56 Å². The lowest BCUT2D eigenvalue weighted by molar-refractivity contribution is 0.221. The molecule has 0 aliphatic heterocycles. The van der Waals surface area contributed by atoms with Gasteiger partial charge in [0.1, 0.15) is 24.7 Å². The monoisotopic (exact) mass is 322 g/mol. The summed E-state index contributed by atoms with van der Waals surface area (Å²) in [5, 5.41) is 0. The van der Waals surface area contributed by atoms with Crippen molar-refractivity contribution in [3.63, 3.8) is 0 Å². The zero-order valence-corrected chi connectivity index (χ0v) is 13.3. The first-order valence-corrected chi connectivity index (χ1v) is 8.15. The predicted octanol–water partition coefficient (Wildman–Crippen LogP) is 2.79. The largest absolute Gasteiger partial charge is 0.497 e. The number of rotatable bonds is 7. The van der Waals surface area contributed by atoms with Crippen LogP contribution in [0.3, 0.4) is 0 Å². The van der Waals surface area contributed by atoms with E-state index in [1.807, 2.05) is 6.92 Å². The van der Waals surface area contributed by atoms with Gasteiger partial charge >= 0.3 is 0 Å². The van der Waals surface area contributed by atoms with E-state index < -0.39 is 10.1 Å². The Labute approximate surface area is 130 Å². The van der Waals surface area contributed by atoms with E-state index in [1.165, 1.54) is 12.1 Å². The van der Waals surface area contributed by atoms with Gasteiger partial charge in [-0.1, -0.05) is 17.7 Å². The molecule has 0 saturated heterocycles. The third kappa shape index (κ3) is 4.47. The molecule has 2 aromatic rings. The summed E-state index contributed by atoms with van der Waals surface area (Å²) in [4.78, 5) is 0.141. The molecule has 0 unspecified atom stereocenters. The van der Waals surface area contributed by atoms with E-state index in [9.17, 15) is 8.42 Å². The summed E-state index contributed by atoms with van der Waals surface area (Å²) < 4.78 is 39.3. The smallest absolute Gasteiger partial charge is 0.297 e. The lowest BCUT2D eigenvalue weighted by Gasteiger charge is -2.08. The molecule has 22 heavy (non-hydrogen) atoms. The Morgan fingerprint density at radius 3 is 2.05 bits per heavy atom. The normalized spacial score (nSPS) is 11.2. The zero-order valence-electron chi connectivity index (χ0n) is 12.5. The summed E-state index contributed by atoms with van der Waals surface area (Å²) in [5.41, 5.74) is 0.988. The van der Waals surface area contributed by atoms with Gasteiger partial charge in [-0.3, -0.25) is 4.18 Å². The lowest BCUT2D eigenvalue weighted by Crippen LogP contribution is -2.13. The Kier molecular flexibility index (Phi) is 5.41.